The van der Waals surface area contributed by atoms with Gasteiger partial charge in [0.05, 0.1) is 7.11 Å². The monoisotopic (exact) mass is 245 g/mol. The normalized spacial score (nSPS) is 15.3. The van der Waals surface area contributed by atoms with Crippen LogP contribution in [0, 0.1) is 0 Å². The van der Waals surface area contributed by atoms with Crippen molar-refractivity contribution in [2.24, 2.45) is 0 Å². The number of benzene rings is 1. The van der Waals surface area contributed by atoms with Crippen LogP contribution in [0.25, 0.3) is 0 Å². The standard InChI is InChI=1S/C16H23NO/c1-18-16-9-5-8-15(12-16)13-17-11-10-14-6-3-2-4-7-14/h5-6,8-9,12,17H,2-4,7,10-11,13H2,1H3. The number of hydrogen-bond acceptors (Lipinski definition) is 2. The fourth-order valence-corrected chi connectivity index (χ4v) is 2.40. The van der Waals surface area contributed by atoms with Gasteiger partial charge in [-0.05, 0) is 56.3 Å². The third-order valence-corrected chi connectivity index (χ3v) is 3.47. The molecular formula is C16H23NO. The summed E-state index contributed by atoms with van der Waals surface area (Å²) in [6.07, 6.45) is 8.97. The van der Waals surface area contributed by atoms with Crippen LogP contribution >= 0.6 is 0 Å². The zero-order chi connectivity index (χ0) is 12.6. The second-order valence-electron chi connectivity index (χ2n) is 4.89. The van der Waals surface area contributed by atoms with E-state index >= 15 is 0 Å². The van der Waals surface area contributed by atoms with Crippen molar-refractivity contribution in [2.75, 3.05) is 13.7 Å². The minimum Gasteiger partial charge on any atom is -0.497 e. The molecule has 2 rings (SSSR count). The molecule has 1 aromatic carbocycles. The quantitative estimate of drug-likeness (QED) is 0.610. The van der Waals surface area contributed by atoms with Crippen molar-refractivity contribution in [3.05, 3.63) is 41.5 Å². The van der Waals surface area contributed by atoms with E-state index in [0.717, 1.165) is 18.8 Å². The van der Waals surface area contributed by atoms with E-state index in [0.29, 0.717) is 0 Å². The first-order chi connectivity index (χ1) is 8.88. The van der Waals surface area contributed by atoms with Crippen LogP contribution in [-0.2, 0) is 6.54 Å². The van der Waals surface area contributed by atoms with Gasteiger partial charge in [-0.2, -0.15) is 0 Å². The van der Waals surface area contributed by atoms with Gasteiger partial charge in [-0.3, -0.25) is 0 Å². The highest BCUT2D eigenvalue weighted by atomic mass is 16.5. The molecule has 98 valence electrons. The number of methoxy groups -OCH3 is 1. The minimum atomic E-state index is 0.921. The summed E-state index contributed by atoms with van der Waals surface area (Å²) in [7, 11) is 1.71. The van der Waals surface area contributed by atoms with Crippen molar-refractivity contribution < 1.29 is 4.74 Å². The third-order valence-electron chi connectivity index (χ3n) is 3.47. The molecule has 0 heterocycles. The van der Waals surface area contributed by atoms with Crippen molar-refractivity contribution in [2.45, 2.75) is 38.6 Å². The number of rotatable bonds is 6. The molecule has 0 atom stereocenters. The third kappa shape index (κ3) is 4.19. The summed E-state index contributed by atoms with van der Waals surface area (Å²) < 4.78 is 5.22. The predicted molar refractivity (Wildman–Crippen MR) is 75.9 cm³/mol. The minimum absolute atomic E-state index is 0.921. The average molecular weight is 245 g/mol. The van der Waals surface area contributed by atoms with E-state index in [-0.39, 0.29) is 0 Å². The second-order valence-corrected chi connectivity index (χ2v) is 4.89. The lowest BCUT2D eigenvalue weighted by molar-refractivity contribution is 0.414. The van der Waals surface area contributed by atoms with Gasteiger partial charge in [-0.15, -0.1) is 0 Å². The van der Waals surface area contributed by atoms with Gasteiger partial charge in [-0.1, -0.05) is 23.8 Å². The number of nitrogens with one attached hydrogen (secondary N) is 1. The van der Waals surface area contributed by atoms with Crippen molar-refractivity contribution >= 4 is 0 Å². The lowest BCUT2D eigenvalue weighted by atomic mass is 9.97. The smallest absolute Gasteiger partial charge is 0.119 e. The highest BCUT2D eigenvalue weighted by Crippen LogP contribution is 2.19. The average Bonchev–Trinajstić information content (AvgIpc) is 2.45. The highest BCUT2D eigenvalue weighted by Gasteiger charge is 2.03. The van der Waals surface area contributed by atoms with E-state index in [1.807, 2.05) is 12.1 Å². The zero-order valence-corrected chi connectivity index (χ0v) is 11.2. The maximum Gasteiger partial charge on any atom is 0.119 e. The van der Waals surface area contributed by atoms with E-state index in [1.165, 1.54) is 37.7 Å². The van der Waals surface area contributed by atoms with E-state index in [9.17, 15) is 0 Å². The molecule has 0 saturated carbocycles. The Balaban J connectivity index is 1.69. The second kappa shape index (κ2) is 7.22. The molecule has 0 fully saturated rings. The molecule has 0 amide bonds. The van der Waals surface area contributed by atoms with Gasteiger partial charge in [0.1, 0.15) is 5.75 Å². The molecule has 1 aliphatic rings. The number of hydrogen-bond donors (Lipinski definition) is 1. The van der Waals surface area contributed by atoms with Gasteiger partial charge in [-0.25, -0.2) is 0 Å². The number of ether oxygens (including phenoxy) is 1. The van der Waals surface area contributed by atoms with Gasteiger partial charge < -0.3 is 10.1 Å². The van der Waals surface area contributed by atoms with E-state index in [1.54, 1.807) is 12.7 Å². The van der Waals surface area contributed by atoms with Gasteiger partial charge in [0.15, 0.2) is 0 Å². The Labute approximate surface area is 110 Å². The molecular weight excluding hydrogens is 222 g/mol. The molecule has 1 N–H and O–H groups in total. The molecule has 0 saturated heterocycles. The number of allylic oxidation sites excluding steroid dienone is 1. The summed E-state index contributed by atoms with van der Waals surface area (Å²) in [5.41, 5.74) is 2.92. The molecule has 0 unspecified atom stereocenters. The van der Waals surface area contributed by atoms with Crippen LogP contribution in [-0.4, -0.2) is 13.7 Å². The fourth-order valence-electron chi connectivity index (χ4n) is 2.40. The molecule has 0 radical (unpaired) electrons. The molecule has 2 nitrogen and oxygen atoms in total. The summed E-state index contributed by atoms with van der Waals surface area (Å²) in [4.78, 5) is 0. The Morgan fingerprint density at radius 1 is 1.28 bits per heavy atom. The topological polar surface area (TPSA) is 21.3 Å². The Hall–Kier alpha value is -1.28. The Bertz CT molecular complexity index is 398. The SMILES string of the molecule is COc1cccc(CNCCC2=CCCCC2)c1. The maximum absolute atomic E-state index is 5.22. The largest absolute Gasteiger partial charge is 0.497 e. The van der Waals surface area contributed by atoms with Crippen LogP contribution in [0.3, 0.4) is 0 Å². The van der Waals surface area contributed by atoms with Gasteiger partial charge >= 0.3 is 0 Å². The fraction of sp³-hybridized carbons (Fsp3) is 0.500. The van der Waals surface area contributed by atoms with Gasteiger partial charge in [0.25, 0.3) is 0 Å². The molecule has 0 spiro atoms. The van der Waals surface area contributed by atoms with Crippen molar-refractivity contribution in [1.29, 1.82) is 0 Å². The van der Waals surface area contributed by atoms with E-state index < -0.39 is 0 Å². The van der Waals surface area contributed by atoms with Crippen LogP contribution in [0.5, 0.6) is 5.75 Å². The first kappa shape index (κ1) is 13.2. The van der Waals surface area contributed by atoms with Crippen LogP contribution in [0.15, 0.2) is 35.9 Å². The summed E-state index contributed by atoms with van der Waals surface area (Å²) in [5.74, 6) is 0.935. The van der Waals surface area contributed by atoms with E-state index in [4.69, 9.17) is 4.74 Å². The highest BCUT2D eigenvalue weighted by molar-refractivity contribution is 5.28. The van der Waals surface area contributed by atoms with Gasteiger partial charge in [0, 0.05) is 6.54 Å². The molecule has 18 heavy (non-hydrogen) atoms. The first-order valence-electron chi connectivity index (χ1n) is 6.90. The summed E-state index contributed by atoms with van der Waals surface area (Å²) in [6, 6.07) is 8.25. The van der Waals surface area contributed by atoms with Crippen LogP contribution in [0.1, 0.15) is 37.7 Å². The first-order valence-corrected chi connectivity index (χ1v) is 6.90. The molecule has 0 aromatic heterocycles. The zero-order valence-electron chi connectivity index (χ0n) is 11.2. The van der Waals surface area contributed by atoms with Crippen LogP contribution in [0.4, 0.5) is 0 Å². The molecule has 1 aromatic rings. The molecule has 0 aliphatic heterocycles. The molecule has 2 heteroatoms. The summed E-state index contributed by atoms with van der Waals surface area (Å²) in [5, 5.41) is 3.50. The van der Waals surface area contributed by atoms with Crippen LogP contribution in [0.2, 0.25) is 0 Å². The molecule has 0 bridgehead atoms. The van der Waals surface area contributed by atoms with Crippen LogP contribution < -0.4 is 10.1 Å². The van der Waals surface area contributed by atoms with Gasteiger partial charge in [0.2, 0.25) is 0 Å². The summed E-state index contributed by atoms with van der Waals surface area (Å²) in [6.45, 7) is 1.99. The Kier molecular flexibility index (Phi) is 5.28. The van der Waals surface area contributed by atoms with Crippen molar-refractivity contribution in [3.63, 3.8) is 0 Å². The lowest BCUT2D eigenvalue weighted by Gasteiger charge is -2.13. The Morgan fingerprint density at radius 2 is 2.22 bits per heavy atom. The lowest BCUT2D eigenvalue weighted by Crippen LogP contribution is -2.15. The van der Waals surface area contributed by atoms with E-state index in [2.05, 4.69) is 23.5 Å². The maximum atomic E-state index is 5.22. The van der Waals surface area contributed by atoms with Crippen molar-refractivity contribution in [1.82, 2.24) is 5.32 Å². The Morgan fingerprint density at radius 3 is 3.00 bits per heavy atom. The summed E-state index contributed by atoms with van der Waals surface area (Å²) >= 11 is 0. The predicted octanol–water partition coefficient (Wildman–Crippen LogP) is 3.68. The van der Waals surface area contributed by atoms with Crippen molar-refractivity contribution in [3.8, 4) is 5.75 Å². The molecule has 1 aliphatic carbocycles.